The first-order valence-electron chi connectivity index (χ1n) is 9.48. The van der Waals surface area contributed by atoms with Gasteiger partial charge in [-0.3, -0.25) is 4.79 Å². The van der Waals surface area contributed by atoms with Crippen molar-refractivity contribution in [3.8, 4) is 28.4 Å². The standard InChI is InChI=1S/C23H21N3O4S/c1-14-19(16-8-6-5-7-9-16)20-22(31-14)24-13-26(23(20)27)25-12-15-10-17(28-2)21(30-4)18(11-15)29-3/h5-13H,1-4H3/b25-12+. The van der Waals surface area contributed by atoms with E-state index in [1.54, 1.807) is 39.7 Å². The van der Waals surface area contributed by atoms with Gasteiger partial charge < -0.3 is 14.2 Å². The van der Waals surface area contributed by atoms with E-state index in [9.17, 15) is 4.79 Å². The number of methoxy groups -OCH3 is 3. The van der Waals surface area contributed by atoms with Gasteiger partial charge in [-0.15, -0.1) is 11.3 Å². The number of nitrogens with zero attached hydrogens (tertiary/aromatic N) is 3. The van der Waals surface area contributed by atoms with E-state index in [1.807, 2.05) is 37.3 Å². The van der Waals surface area contributed by atoms with Gasteiger partial charge in [-0.25, -0.2) is 4.98 Å². The summed E-state index contributed by atoms with van der Waals surface area (Å²) in [5, 5.41) is 4.91. The topological polar surface area (TPSA) is 74.9 Å². The number of ether oxygens (including phenoxy) is 3. The zero-order chi connectivity index (χ0) is 22.0. The van der Waals surface area contributed by atoms with E-state index in [0.29, 0.717) is 33.0 Å². The van der Waals surface area contributed by atoms with E-state index in [2.05, 4.69) is 10.1 Å². The second kappa shape index (κ2) is 8.61. The summed E-state index contributed by atoms with van der Waals surface area (Å²) in [5.74, 6) is 1.50. The van der Waals surface area contributed by atoms with Crippen LogP contribution in [0.5, 0.6) is 17.2 Å². The Morgan fingerprint density at radius 3 is 2.32 bits per heavy atom. The quantitative estimate of drug-likeness (QED) is 0.421. The molecular formula is C23H21N3O4S. The van der Waals surface area contributed by atoms with Crippen LogP contribution in [0.25, 0.3) is 21.3 Å². The van der Waals surface area contributed by atoms with E-state index >= 15 is 0 Å². The van der Waals surface area contributed by atoms with Crippen molar-refractivity contribution in [3.05, 3.63) is 69.6 Å². The molecule has 158 valence electrons. The molecule has 0 aliphatic carbocycles. The summed E-state index contributed by atoms with van der Waals surface area (Å²) in [6.45, 7) is 2.00. The van der Waals surface area contributed by atoms with Crippen LogP contribution in [0, 0.1) is 6.92 Å². The second-order valence-electron chi connectivity index (χ2n) is 6.68. The molecule has 0 bridgehead atoms. The first-order valence-corrected chi connectivity index (χ1v) is 10.3. The number of rotatable bonds is 6. The summed E-state index contributed by atoms with van der Waals surface area (Å²) in [4.78, 5) is 19.4. The molecule has 4 aromatic rings. The highest BCUT2D eigenvalue weighted by Gasteiger charge is 2.17. The fourth-order valence-electron chi connectivity index (χ4n) is 3.43. The number of benzene rings is 2. The van der Waals surface area contributed by atoms with Gasteiger partial charge in [0.15, 0.2) is 11.5 Å². The third-order valence-electron chi connectivity index (χ3n) is 4.85. The molecule has 2 heterocycles. The van der Waals surface area contributed by atoms with Crippen LogP contribution in [-0.2, 0) is 0 Å². The highest BCUT2D eigenvalue weighted by Crippen LogP contribution is 2.38. The number of hydrogen-bond donors (Lipinski definition) is 0. The number of hydrogen-bond acceptors (Lipinski definition) is 7. The van der Waals surface area contributed by atoms with E-state index in [4.69, 9.17) is 14.2 Å². The Bertz CT molecular complexity index is 1300. The Kier molecular flexibility index (Phi) is 5.73. The molecule has 0 amide bonds. The van der Waals surface area contributed by atoms with E-state index in [0.717, 1.165) is 16.0 Å². The van der Waals surface area contributed by atoms with Crippen LogP contribution in [0.4, 0.5) is 0 Å². The van der Waals surface area contributed by atoms with Crippen LogP contribution in [-0.4, -0.2) is 37.2 Å². The first kappa shape index (κ1) is 20.6. The van der Waals surface area contributed by atoms with Crippen molar-refractivity contribution in [1.29, 1.82) is 0 Å². The van der Waals surface area contributed by atoms with Gasteiger partial charge in [0, 0.05) is 16.0 Å². The van der Waals surface area contributed by atoms with Gasteiger partial charge in [0.2, 0.25) is 5.75 Å². The fourth-order valence-corrected chi connectivity index (χ4v) is 4.44. The number of thiophene rings is 1. The van der Waals surface area contributed by atoms with E-state index in [1.165, 1.54) is 22.3 Å². The predicted molar refractivity (Wildman–Crippen MR) is 123 cm³/mol. The van der Waals surface area contributed by atoms with Crippen LogP contribution in [0.2, 0.25) is 0 Å². The van der Waals surface area contributed by atoms with Crippen LogP contribution in [0.3, 0.4) is 0 Å². The maximum absolute atomic E-state index is 13.3. The van der Waals surface area contributed by atoms with Crippen molar-refractivity contribution in [2.75, 3.05) is 21.3 Å². The van der Waals surface area contributed by atoms with Crippen molar-refractivity contribution in [1.82, 2.24) is 9.66 Å². The molecule has 0 saturated heterocycles. The smallest absolute Gasteiger partial charge is 0.283 e. The summed E-state index contributed by atoms with van der Waals surface area (Å²) in [7, 11) is 4.64. The third-order valence-corrected chi connectivity index (χ3v) is 5.87. The Morgan fingerprint density at radius 2 is 1.71 bits per heavy atom. The molecule has 0 aliphatic heterocycles. The van der Waals surface area contributed by atoms with Crippen molar-refractivity contribution >= 4 is 27.8 Å². The summed E-state index contributed by atoms with van der Waals surface area (Å²) in [6.07, 6.45) is 2.99. The Hall–Kier alpha value is -3.65. The van der Waals surface area contributed by atoms with Crippen LogP contribution in [0.15, 0.2) is 58.7 Å². The Labute approximate surface area is 183 Å². The molecule has 2 aromatic heterocycles. The van der Waals surface area contributed by atoms with Crippen molar-refractivity contribution < 1.29 is 14.2 Å². The second-order valence-corrected chi connectivity index (χ2v) is 7.88. The van der Waals surface area contributed by atoms with Crippen LogP contribution in [0.1, 0.15) is 10.4 Å². The van der Waals surface area contributed by atoms with Gasteiger partial charge in [-0.05, 0) is 24.6 Å². The van der Waals surface area contributed by atoms with E-state index in [-0.39, 0.29) is 5.56 Å². The van der Waals surface area contributed by atoms with Crippen molar-refractivity contribution in [3.63, 3.8) is 0 Å². The zero-order valence-electron chi connectivity index (χ0n) is 17.6. The molecule has 0 saturated carbocycles. The molecule has 0 fully saturated rings. The molecule has 8 heteroatoms. The van der Waals surface area contributed by atoms with Crippen molar-refractivity contribution in [2.45, 2.75) is 6.92 Å². The molecule has 0 spiro atoms. The SMILES string of the molecule is COc1cc(/C=N/n2cnc3sc(C)c(-c4ccccc4)c3c2=O)cc(OC)c1OC. The largest absolute Gasteiger partial charge is 0.493 e. The molecule has 2 aromatic carbocycles. The lowest BCUT2D eigenvalue weighted by Crippen LogP contribution is -2.16. The van der Waals surface area contributed by atoms with E-state index < -0.39 is 0 Å². The maximum Gasteiger partial charge on any atom is 0.283 e. The predicted octanol–water partition coefficient (Wildman–Crippen LogP) is 4.34. The summed E-state index contributed by atoms with van der Waals surface area (Å²) in [6, 6.07) is 13.4. The lowest BCUT2D eigenvalue weighted by molar-refractivity contribution is 0.324. The minimum absolute atomic E-state index is 0.225. The minimum Gasteiger partial charge on any atom is -0.493 e. The third kappa shape index (κ3) is 3.77. The molecule has 0 unspecified atom stereocenters. The molecule has 0 atom stereocenters. The monoisotopic (exact) mass is 435 g/mol. The summed E-state index contributed by atoms with van der Waals surface area (Å²) in [5.41, 5.74) is 2.34. The molecule has 4 rings (SSSR count). The van der Waals surface area contributed by atoms with Crippen LogP contribution >= 0.6 is 11.3 Å². The van der Waals surface area contributed by atoms with Gasteiger partial charge in [0.1, 0.15) is 11.2 Å². The lowest BCUT2D eigenvalue weighted by Gasteiger charge is -2.12. The lowest BCUT2D eigenvalue weighted by atomic mass is 10.0. The average molecular weight is 436 g/mol. The molecule has 0 N–H and O–H groups in total. The minimum atomic E-state index is -0.225. The Balaban J connectivity index is 1.81. The van der Waals surface area contributed by atoms with Crippen molar-refractivity contribution in [2.24, 2.45) is 5.10 Å². The summed E-state index contributed by atoms with van der Waals surface area (Å²) < 4.78 is 17.3. The maximum atomic E-state index is 13.3. The highest BCUT2D eigenvalue weighted by molar-refractivity contribution is 7.19. The van der Waals surface area contributed by atoms with Gasteiger partial charge in [-0.2, -0.15) is 9.78 Å². The zero-order valence-corrected chi connectivity index (χ0v) is 18.4. The first-order chi connectivity index (χ1) is 15.1. The van der Waals surface area contributed by atoms with Gasteiger partial charge in [0.25, 0.3) is 5.56 Å². The molecule has 0 radical (unpaired) electrons. The Morgan fingerprint density at radius 1 is 1.03 bits per heavy atom. The number of fused-ring (bicyclic) bond motifs is 1. The normalized spacial score (nSPS) is 11.2. The highest BCUT2D eigenvalue weighted by atomic mass is 32.1. The fraction of sp³-hybridized carbons (Fsp3) is 0.174. The van der Waals surface area contributed by atoms with Gasteiger partial charge in [0.05, 0.1) is 32.9 Å². The van der Waals surface area contributed by atoms with Gasteiger partial charge >= 0.3 is 0 Å². The molecule has 0 aliphatic rings. The van der Waals surface area contributed by atoms with Crippen LogP contribution < -0.4 is 19.8 Å². The summed E-state index contributed by atoms with van der Waals surface area (Å²) >= 11 is 1.50. The molecule has 7 nitrogen and oxygen atoms in total. The van der Waals surface area contributed by atoms with Gasteiger partial charge in [-0.1, -0.05) is 30.3 Å². The number of aromatic nitrogens is 2. The number of aryl methyl sites for hydroxylation is 1. The molecular weight excluding hydrogens is 414 g/mol. The molecule has 31 heavy (non-hydrogen) atoms. The average Bonchev–Trinajstić information content (AvgIpc) is 3.15.